The number of fused-ring (bicyclic) bond motifs is 1. The third kappa shape index (κ3) is 1.82. The van der Waals surface area contributed by atoms with Crippen molar-refractivity contribution in [2.75, 3.05) is 0 Å². The molecule has 6 heteroatoms. The Hall–Kier alpha value is -2.40. The normalized spacial score (nSPS) is 19.5. The number of carbonyl (C=O) groups is 1. The van der Waals surface area contributed by atoms with Crippen LogP contribution in [0.4, 0.5) is 0 Å². The lowest BCUT2D eigenvalue weighted by Crippen LogP contribution is -2.14. The molecule has 0 saturated carbocycles. The van der Waals surface area contributed by atoms with Gasteiger partial charge in [-0.05, 0) is 30.2 Å². The number of allylic oxidation sites excluding steroid dienone is 1. The molecule has 22 heavy (non-hydrogen) atoms. The maximum atomic E-state index is 12.2. The summed E-state index contributed by atoms with van der Waals surface area (Å²) in [6, 6.07) is 7.51. The number of hydrogen-bond donors (Lipinski definition) is 0. The van der Waals surface area contributed by atoms with Gasteiger partial charge in [0.1, 0.15) is 5.69 Å². The van der Waals surface area contributed by atoms with Crippen LogP contribution in [0.15, 0.2) is 41.2 Å². The Morgan fingerprint density at radius 3 is 3.00 bits per heavy atom. The van der Waals surface area contributed by atoms with E-state index in [0.717, 1.165) is 16.7 Å². The Bertz CT molecular complexity index is 850. The van der Waals surface area contributed by atoms with Crippen molar-refractivity contribution in [1.29, 1.82) is 0 Å². The van der Waals surface area contributed by atoms with Crippen molar-refractivity contribution in [3.05, 3.63) is 58.0 Å². The molecule has 5 nitrogen and oxygen atoms in total. The largest absolute Gasteiger partial charge is 0.400 e. The molecule has 0 saturated heterocycles. The van der Waals surface area contributed by atoms with Gasteiger partial charge in [0, 0.05) is 29.7 Å². The molecule has 1 aromatic carbocycles. The van der Waals surface area contributed by atoms with Crippen LogP contribution < -0.4 is 0 Å². The second kappa shape index (κ2) is 4.81. The lowest BCUT2D eigenvalue weighted by Gasteiger charge is -2.24. The molecule has 0 atom stereocenters. The lowest BCUT2D eigenvalue weighted by molar-refractivity contribution is -0.130. The number of esters is 1. The van der Waals surface area contributed by atoms with Gasteiger partial charge in [-0.15, -0.1) is 0 Å². The first-order valence-corrected chi connectivity index (χ1v) is 7.40. The van der Waals surface area contributed by atoms with Crippen molar-refractivity contribution in [3.63, 3.8) is 0 Å². The minimum atomic E-state index is -0.431. The minimum Gasteiger partial charge on any atom is -0.400 e. The fourth-order valence-corrected chi connectivity index (χ4v) is 3.11. The molecule has 4 rings (SSSR count). The smallest absolute Gasteiger partial charge is 0.364 e. The molecule has 0 unspecified atom stereocenters. The van der Waals surface area contributed by atoms with E-state index in [0.29, 0.717) is 35.3 Å². The van der Waals surface area contributed by atoms with E-state index in [9.17, 15) is 4.79 Å². The highest BCUT2D eigenvalue weighted by Gasteiger charge is 2.34. The molecule has 0 fully saturated rings. The van der Waals surface area contributed by atoms with Crippen LogP contribution >= 0.6 is 11.6 Å². The Morgan fingerprint density at radius 1 is 1.36 bits per heavy atom. The van der Waals surface area contributed by atoms with Gasteiger partial charge < -0.3 is 4.74 Å². The zero-order chi connectivity index (χ0) is 15.3. The molecule has 0 spiro atoms. The van der Waals surface area contributed by atoms with Gasteiger partial charge in [-0.2, -0.15) is 5.10 Å². The van der Waals surface area contributed by atoms with E-state index in [1.807, 2.05) is 25.1 Å². The SMILES string of the molecule is CCn1nccc1C1=NC(=C2Cc3cccc(Cl)c32)C(=O)O1. The zero-order valence-corrected chi connectivity index (χ0v) is 12.6. The van der Waals surface area contributed by atoms with Crippen LogP contribution in [0.5, 0.6) is 0 Å². The average Bonchev–Trinajstić information content (AvgIpc) is 3.07. The van der Waals surface area contributed by atoms with E-state index >= 15 is 0 Å². The number of nitrogens with zero attached hydrogens (tertiary/aromatic N) is 3. The summed E-state index contributed by atoms with van der Waals surface area (Å²) in [7, 11) is 0. The lowest BCUT2D eigenvalue weighted by atomic mass is 9.81. The molecule has 0 radical (unpaired) electrons. The summed E-state index contributed by atoms with van der Waals surface area (Å²) >= 11 is 6.22. The first-order valence-electron chi connectivity index (χ1n) is 7.03. The van der Waals surface area contributed by atoms with Gasteiger partial charge in [0.25, 0.3) is 0 Å². The number of aromatic nitrogens is 2. The van der Waals surface area contributed by atoms with Crippen molar-refractivity contribution in [2.24, 2.45) is 4.99 Å². The maximum Gasteiger partial charge on any atom is 0.364 e. The van der Waals surface area contributed by atoms with Crippen molar-refractivity contribution in [3.8, 4) is 0 Å². The van der Waals surface area contributed by atoms with Crippen molar-refractivity contribution < 1.29 is 9.53 Å². The zero-order valence-electron chi connectivity index (χ0n) is 11.8. The van der Waals surface area contributed by atoms with Crippen LogP contribution in [0.25, 0.3) is 5.57 Å². The summed E-state index contributed by atoms with van der Waals surface area (Å²) in [5, 5.41) is 4.81. The number of carbonyl (C=O) groups excluding carboxylic acids is 1. The Kier molecular flexibility index (Phi) is 2.90. The van der Waals surface area contributed by atoms with Crippen LogP contribution in [0.3, 0.4) is 0 Å². The summed E-state index contributed by atoms with van der Waals surface area (Å²) in [6.45, 7) is 2.65. The predicted octanol–water partition coefficient (Wildman–Crippen LogP) is 2.83. The number of aliphatic imine (C=N–C) groups is 1. The van der Waals surface area contributed by atoms with Gasteiger partial charge >= 0.3 is 5.97 Å². The van der Waals surface area contributed by atoms with E-state index in [-0.39, 0.29) is 0 Å². The molecule has 0 amide bonds. The summed E-state index contributed by atoms with van der Waals surface area (Å²) < 4.78 is 7.06. The summed E-state index contributed by atoms with van der Waals surface area (Å²) in [5.41, 5.74) is 3.93. The molecule has 0 bridgehead atoms. The van der Waals surface area contributed by atoms with E-state index in [1.165, 1.54) is 0 Å². The molecule has 1 aliphatic heterocycles. The molecular formula is C16H12ClN3O2. The summed E-state index contributed by atoms with van der Waals surface area (Å²) in [6.07, 6.45) is 2.35. The molecule has 110 valence electrons. The first kappa shape index (κ1) is 13.3. The van der Waals surface area contributed by atoms with Crippen molar-refractivity contribution in [1.82, 2.24) is 9.78 Å². The van der Waals surface area contributed by atoms with Crippen LogP contribution in [-0.2, 0) is 22.5 Å². The number of aryl methyl sites for hydroxylation is 1. The number of halogens is 1. The van der Waals surface area contributed by atoms with Crippen LogP contribution in [0, 0.1) is 0 Å². The Morgan fingerprint density at radius 2 is 2.23 bits per heavy atom. The van der Waals surface area contributed by atoms with Gasteiger partial charge in [0.05, 0.1) is 0 Å². The van der Waals surface area contributed by atoms with Gasteiger partial charge in [0.15, 0.2) is 5.70 Å². The number of hydrogen-bond acceptors (Lipinski definition) is 4. The molecule has 2 aromatic rings. The molecule has 1 aliphatic carbocycles. The van der Waals surface area contributed by atoms with Crippen LogP contribution in [0.2, 0.25) is 5.02 Å². The van der Waals surface area contributed by atoms with Gasteiger partial charge in [-0.25, -0.2) is 9.79 Å². The molecular weight excluding hydrogens is 302 g/mol. The highest BCUT2D eigenvalue weighted by Crippen LogP contribution is 2.42. The quantitative estimate of drug-likeness (QED) is 0.633. The van der Waals surface area contributed by atoms with Crippen molar-refractivity contribution in [2.45, 2.75) is 19.9 Å². The highest BCUT2D eigenvalue weighted by atomic mass is 35.5. The third-order valence-corrected chi connectivity index (χ3v) is 4.20. The van der Waals surface area contributed by atoms with Gasteiger partial charge in [-0.3, -0.25) is 4.68 Å². The summed E-state index contributed by atoms with van der Waals surface area (Å²) in [4.78, 5) is 16.6. The fraction of sp³-hybridized carbons (Fsp3) is 0.188. The van der Waals surface area contributed by atoms with E-state index in [2.05, 4.69) is 10.1 Å². The van der Waals surface area contributed by atoms with Crippen LogP contribution in [0.1, 0.15) is 23.7 Å². The molecule has 2 heterocycles. The monoisotopic (exact) mass is 313 g/mol. The van der Waals surface area contributed by atoms with Gasteiger partial charge in [0.2, 0.25) is 5.90 Å². The fourth-order valence-electron chi connectivity index (χ4n) is 2.80. The van der Waals surface area contributed by atoms with E-state index < -0.39 is 5.97 Å². The van der Waals surface area contributed by atoms with Crippen molar-refractivity contribution >= 4 is 29.0 Å². The first-order chi connectivity index (χ1) is 10.7. The summed E-state index contributed by atoms with van der Waals surface area (Å²) in [5.74, 6) is -0.133. The Balaban J connectivity index is 1.80. The third-order valence-electron chi connectivity index (χ3n) is 3.89. The van der Waals surface area contributed by atoms with E-state index in [4.69, 9.17) is 16.3 Å². The molecule has 0 N–H and O–H groups in total. The number of ether oxygens (including phenoxy) is 1. The van der Waals surface area contributed by atoms with Crippen LogP contribution in [-0.4, -0.2) is 21.6 Å². The predicted molar refractivity (Wildman–Crippen MR) is 82.6 cm³/mol. The Labute approximate surface area is 131 Å². The number of rotatable bonds is 2. The standard InChI is InChI=1S/C16H12ClN3O2/c1-2-20-12(6-7-18-20)15-19-14(16(21)22-15)10-8-9-4-3-5-11(17)13(9)10/h3-7H,2,8H2,1H3. The molecule has 1 aromatic heterocycles. The molecule has 2 aliphatic rings. The topological polar surface area (TPSA) is 56.5 Å². The van der Waals surface area contributed by atoms with Gasteiger partial charge in [-0.1, -0.05) is 23.7 Å². The minimum absolute atomic E-state index is 0.298. The van der Waals surface area contributed by atoms with E-state index in [1.54, 1.807) is 16.9 Å². The second-order valence-corrected chi connectivity index (χ2v) is 5.52. The average molecular weight is 314 g/mol. The second-order valence-electron chi connectivity index (χ2n) is 5.12. The number of cyclic esters (lactones) is 1. The highest BCUT2D eigenvalue weighted by molar-refractivity contribution is 6.33. The number of benzene rings is 1. The maximum absolute atomic E-state index is 12.2.